The number of carbonyl (C=O) groups is 1. The van der Waals surface area contributed by atoms with Gasteiger partial charge in [0.05, 0.1) is 12.0 Å². The van der Waals surface area contributed by atoms with Gasteiger partial charge in [0.2, 0.25) is 5.91 Å². The van der Waals surface area contributed by atoms with Crippen molar-refractivity contribution in [3.8, 4) is 5.82 Å². The minimum absolute atomic E-state index is 0.108. The van der Waals surface area contributed by atoms with Gasteiger partial charge in [-0.15, -0.1) is 10.2 Å². The van der Waals surface area contributed by atoms with Crippen molar-refractivity contribution in [2.75, 3.05) is 10.6 Å². The predicted molar refractivity (Wildman–Crippen MR) is 120 cm³/mol. The molecule has 10 nitrogen and oxygen atoms in total. The first kappa shape index (κ1) is 20.9. The van der Waals surface area contributed by atoms with Crippen LogP contribution in [0.3, 0.4) is 0 Å². The number of carbonyl (C=O) groups excluding carboxylic acids is 1. The highest BCUT2D eigenvalue weighted by atomic mass is 16.2. The highest BCUT2D eigenvalue weighted by Crippen LogP contribution is 2.18. The molecule has 1 aromatic carbocycles. The van der Waals surface area contributed by atoms with Crippen LogP contribution in [0.25, 0.3) is 5.82 Å². The van der Waals surface area contributed by atoms with Gasteiger partial charge in [-0.2, -0.15) is 5.10 Å². The van der Waals surface area contributed by atoms with Gasteiger partial charge in [0, 0.05) is 28.8 Å². The van der Waals surface area contributed by atoms with Gasteiger partial charge in [0.15, 0.2) is 11.6 Å². The summed E-state index contributed by atoms with van der Waals surface area (Å²) < 4.78 is 3.00. The molecule has 4 aromatic rings. The summed E-state index contributed by atoms with van der Waals surface area (Å²) in [7, 11) is 0. The molecule has 3 heterocycles. The van der Waals surface area contributed by atoms with Gasteiger partial charge in [-0.25, -0.2) is 9.67 Å². The Balaban J connectivity index is 1.37. The number of amides is 1. The van der Waals surface area contributed by atoms with E-state index in [1.165, 1.54) is 17.0 Å². The first-order chi connectivity index (χ1) is 15.4. The Morgan fingerprint density at radius 3 is 2.31 bits per heavy atom. The predicted octanol–water partition coefficient (Wildman–Crippen LogP) is 2.53. The van der Waals surface area contributed by atoms with Crippen LogP contribution in [0.1, 0.15) is 17.1 Å². The molecule has 162 valence electrons. The fourth-order valence-corrected chi connectivity index (χ4v) is 3.14. The summed E-state index contributed by atoms with van der Waals surface area (Å²) in [6.07, 6.45) is 1.37. The lowest BCUT2D eigenvalue weighted by Gasteiger charge is -2.09. The van der Waals surface area contributed by atoms with Crippen LogP contribution >= 0.6 is 0 Å². The Bertz CT molecular complexity index is 1310. The zero-order valence-electron chi connectivity index (χ0n) is 17.9. The lowest BCUT2D eigenvalue weighted by Crippen LogP contribution is -2.27. The second-order valence-electron chi connectivity index (χ2n) is 7.36. The zero-order chi connectivity index (χ0) is 22.7. The van der Waals surface area contributed by atoms with E-state index in [1.807, 2.05) is 44.2 Å². The molecule has 0 atom stereocenters. The molecule has 1 amide bonds. The van der Waals surface area contributed by atoms with Crippen LogP contribution in [0, 0.1) is 20.8 Å². The Morgan fingerprint density at radius 1 is 0.938 bits per heavy atom. The number of aromatic nitrogens is 6. The highest BCUT2D eigenvalue weighted by molar-refractivity contribution is 5.90. The first-order valence-corrected chi connectivity index (χ1v) is 9.95. The van der Waals surface area contributed by atoms with E-state index < -0.39 is 0 Å². The molecule has 2 N–H and O–H groups in total. The van der Waals surface area contributed by atoms with Crippen LogP contribution in [0.4, 0.5) is 17.2 Å². The molecule has 10 heteroatoms. The number of aryl methyl sites for hydroxylation is 3. The van der Waals surface area contributed by atoms with Crippen LogP contribution in [-0.4, -0.2) is 35.4 Å². The van der Waals surface area contributed by atoms with Gasteiger partial charge >= 0.3 is 0 Å². The third-order valence-corrected chi connectivity index (χ3v) is 4.65. The largest absolute Gasteiger partial charge is 0.339 e. The molecule has 0 aliphatic heterocycles. The average molecular weight is 430 g/mol. The van der Waals surface area contributed by atoms with E-state index in [2.05, 4.69) is 30.9 Å². The van der Waals surface area contributed by atoms with E-state index in [0.29, 0.717) is 23.0 Å². The van der Waals surface area contributed by atoms with E-state index in [4.69, 9.17) is 0 Å². The number of nitrogens with zero attached hydrogens (tertiary/aromatic N) is 6. The van der Waals surface area contributed by atoms with E-state index in [9.17, 15) is 9.59 Å². The average Bonchev–Trinajstić information content (AvgIpc) is 3.10. The Labute approximate surface area is 184 Å². The molecular weight excluding hydrogens is 408 g/mol. The van der Waals surface area contributed by atoms with E-state index in [0.717, 1.165) is 17.1 Å². The standard InChI is InChI=1S/C22H22N8O2/c1-14-11-22(32)29(13-23-14)12-21(31)25-18-6-4-17(5-7-18)24-19-8-9-20(27-26-19)30-16(3)10-15(2)28-30/h4-11,13H,12H2,1-3H3,(H,24,26)(H,25,31). The Hall–Kier alpha value is -4.34. The molecule has 0 aliphatic rings. The molecule has 32 heavy (non-hydrogen) atoms. The zero-order valence-corrected chi connectivity index (χ0v) is 17.9. The highest BCUT2D eigenvalue weighted by Gasteiger charge is 2.08. The molecule has 0 unspecified atom stereocenters. The van der Waals surface area contributed by atoms with Crippen molar-refractivity contribution >= 4 is 23.1 Å². The molecule has 0 saturated heterocycles. The van der Waals surface area contributed by atoms with Crippen LogP contribution in [0.15, 0.2) is 59.7 Å². The molecule has 0 saturated carbocycles. The van der Waals surface area contributed by atoms with Crippen molar-refractivity contribution in [1.82, 2.24) is 29.5 Å². The van der Waals surface area contributed by atoms with Gasteiger partial charge in [0.1, 0.15) is 6.54 Å². The van der Waals surface area contributed by atoms with Crippen LogP contribution in [0.5, 0.6) is 0 Å². The number of anilines is 3. The maximum absolute atomic E-state index is 12.2. The third kappa shape index (κ3) is 4.86. The lowest BCUT2D eigenvalue weighted by atomic mass is 10.2. The smallest absolute Gasteiger partial charge is 0.253 e. The number of benzene rings is 1. The van der Waals surface area contributed by atoms with Crippen molar-refractivity contribution in [2.24, 2.45) is 0 Å². The maximum Gasteiger partial charge on any atom is 0.253 e. The molecule has 0 fully saturated rings. The fraction of sp³-hybridized carbons (Fsp3) is 0.182. The number of hydrogen-bond acceptors (Lipinski definition) is 7. The number of rotatable bonds is 6. The van der Waals surface area contributed by atoms with Crippen LogP contribution < -0.4 is 16.2 Å². The molecule has 4 rings (SSSR count). The molecule has 0 radical (unpaired) electrons. The van der Waals surface area contributed by atoms with Gasteiger partial charge in [-0.3, -0.25) is 14.2 Å². The van der Waals surface area contributed by atoms with Crippen molar-refractivity contribution in [2.45, 2.75) is 27.3 Å². The van der Waals surface area contributed by atoms with Crippen molar-refractivity contribution in [3.05, 3.63) is 82.3 Å². The molecule has 0 spiro atoms. The summed E-state index contributed by atoms with van der Waals surface area (Å²) in [5, 5.41) is 18.8. The summed E-state index contributed by atoms with van der Waals surface area (Å²) in [6.45, 7) is 5.51. The van der Waals surface area contributed by atoms with E-state index in [1.54, 1.807) is 23.7 Å². The van der Waals surface area contributed by atoms with Crippen LogP contribution in [-0.2, 0) is 11.3 Å². The molecular formula is C22H22N8O2. The van der Waals surface area contributed by atoms with Gasteiger partial charge in [-0.1, -0.05) is 0 Å². The summed E-state index contributed by atoms with van der Waals surface area (Å²) in [5.41, 5.74) is 3.65. The molecule has 0 bridgehead atoms. The molecule has 3 aromatic heterocycles. The Kier molecular flexibility index (Phi) is 5.75. The number of hydrogen-bond donors (Lipinski definition) is 2. The van der Waals surface area contributed by atoms with Crippen molar-refractivity contribution in [3.63, 3.8) is 0 Å². The van der Waals surface area contributed by atoms with Crippen LogP contribution in [0.2, 0.25) is 0 Å². The van der Waals surface area contributed by atoms with Crippen molar-refractivity contribution < 1.29 is 4.79 Å². The summed E-state index contributed by atoms with van der Waals surface area (Å²) in [5.74, 6) is 0.907. The normalized spacial score (nSPS) is 10.7. The monoisotopic (exact) mass is 430 g/mol. The lowest BCUT2D eigenvalue weighted by molar-refractivity contribution is -0.116. The summed E-state index contributed by atoms with van der Waals surface area (Å²) in [6, 6.07) is 14.2. The quantitative estimate of drug-likeness (QED) is 0.482. The summed E-state index contributed by atoms with van der Waals surface area (Å²) >= 11 is 0. The second-order valence-corrected chi connectivity index (χ2v) is 7.36. The topological polar surface area (TPSA) is 120 Å². The number of nitrogens with one attached hydrogen (secondary N) is 2. The van der Waals surface area contributed by atoms with Gasteiger partial charge in [-0.05, 0) is 63.2 Å². The van der Waals surface area contributed by atoms with E-state index in [-0.39, 0.29) is 18.0 Å². The third-order valence-electron chi connectivity index (χ3n) is 4.65. The fourth-order valence-electron chi connectivity index (χ4n) is 3.14. The minimum Gasteiger partial charge on any atom is -0.339 e. The van der Waals surface area contributed by atoms with Crippen molar-refractivity contribution in [1.29, 1.82) is 0 Å². The second kappa shape index (κ2) is 8.80. The van der Waals surface area contributed by atoms with E-state index >= 15 is 0 Å². The van der Waals surface area contributed by atoms with Gasteiger partial charge in [0.25, 0.3) is 5.56 Å². The summed E-state index contributed by atoms with van der Waals surface area (Å²) in [4.78, 5) is 28.2. The Morgan fingerprint density at radius 2 is 1.69 bits per heavy atom. The van der Waals surface area contributed by atoms with Gasteiger partial charge < -0.3 is 10.6 Å². The SMILES string of the molecule is Cc1cc(=O)n(CC(=O)Nc2ccc(Nc3ccc(-n4nc(C)cc4C)nn3)cc2)cn1. The minimum atomic E-state index is -0.316. The first-order valence-electron chi connectivity index (χ1n) is 9.95. The maximum atomic E-state index is 12.2. The molecule has 0 aliphatic carbocycles.